The quantitative estimate of drug-likeness (QED) is 0.885. The number of aromatic nitrogens is 2. The minimum absolute atomic E-state index is 0.344. The van der Waals surface area contributed by atoms with Crippen LogP contribution >= 0.6 is 11.3 Å². The van der Waals surface area contributed by atoms with Gasteiger partial charge in [0.15, 0.2) is 0 Å². The predicted octanol–water partition coefficient (Wildman–Crippen LogP) is 2.79. The molecule has 2 rings (SSSR count). The maximum Gasteiger partial charge on any atom is 0.142 e. The Morgan fingerprint density at radius 2 is 2.06 bits per heavy atom. The van der Waals surface area contributed by atoms with Crippen molar-refractivity contribution in [3.8, 4) is 10.7 Å². The molecule has 0 spiro atoms. The highest BCUT2D eigenvalue weighted by Crippen LogP contribution is 2.27. The van der Waals surface area contributed by atoms with Gasteiger partial charge in [-0.2, -0.15) is 0 Å². The molecule has 0 saturated heterocycles. The Balaban J connectivity index is 2.28. The third-order valence-corrected chi connectivity index (χ3v) is 3.72. The van der Waals surface area contributed by atoms with Crippen molar-refractivity contribution in [1.82, 2.24) is 15.3 Å². The zero-order chi connectivity index (χ0) is 11.5. The van der Waals surface area contributed by atoms with Crippen molar-refractivity contribution in [2.45, 2.75) is 19.9 Å². The SMILES string of the molecule is CNC(C)c1cnc(-c2ccc(C)cn2)s1. The summed E-state index contributed by atoms with van der Waals surface area (Å²) in [6.07, 6.45) is 3.79. The Morgan fingerprint density at radius 3 is 2.69 bits per heavy atom. The molecule has 1 N–H and O–H groups in total. The Kier molecular flexibility index (Phi) is 3.31. The molecular weight excluding hydrogens is 218 g/mol. The summed E-state index contributed by atoms with van der Waals surface area (Å²) in [6.45, 7) is 4.16. The predicted molar refractivity (Wildman–Crippen MR) is 67.6 cm³/mol. The lowest BCUT2D eigenvalue weighted by atomic mass is 10.3. The van der Waals surface area contributed by atoms with Gasteiger partial charge in [0, 0.05) is 23.3 Å². The van der Waals surface area contributed by atoms with E-state index in [1.54, 1.807) is 11.3 Å². The highest BCUT2D eigenvalue weighted by molar-refractivity contribution is 7.15. The van der Waals surface area contributed by atoms with Crippen molar-refractivity contribution in [2.75, 3.05) is 7.05 Å². The minimum Gasteiger partial charge on any atom is -0.312 e. The van der Waals surface area contributed by atoms with Crippen LogP contribution in [-0.2, 0) is 0 Å². The fourth-order valence-corrected chi connectivity index (χ4v) is 2.30. The third kappa shape index (κ3) is 2.28. The van der Waals surface area contributed by atoms with E-state index in [4.69, 9.17) is 0 Å². The monoisotopic (exact) mass is 233 g/mol. The van der Waals surface area contributed by atoms with Crippen LogP contribution in [0.3, 0.4) is 0 Å². The largest absolute Gasteiger partial charge is 0.312 e. The summed E-state index contributed by atoms with van der Waals surface area (Å²) in [7, 11) is 1.95. The van der Waals surface area contributed by atoms with Gasteiger partial charge in [-0.15, -0.1) is 11.3 Å². The van der Waals surface area contributed by atoms with Gasteiger partial charge < -0.3 is 5.32 Å². The van der Waals surface area contributed by atoms with Crippen LogP contribution in [0, 0.1) is 6.92 Å². The van der Waals surface area contributed by atoms with Gasteiger partial charge in [-0.05, 0) is 32.5 Å². The Bertz CT molecular complexity index is 461. The maximum absolute atomic E-state index is 4.40. The van der Waals surface area contributed by atoms with Crippen molar-refractivity contribution in [2.24, 2.45) is 0 Å². The van der Waals surface area contributed by atoms with Gasteiger partial charge in [-0.3, -0.25) is 4.98 Å². The van der Waals surface area contributed by atoms with E-state index >= 15 is 0 Å². The zero-order valence-electron chi connectivity index (χ0n) is 9.69. The van der Waals surface area contributed by atoms with Crippen LogP contribution in [0.25, 0.3) is 10.7 Å². The molecule has 2 aromatic heterocycles. The van der Waals surface area contributed by atoms with Gasteiger partial charge in [0.1, 0.15) is 5.01 Å². The molecule has 1 unspecified atom stereocenters. The van der Waals surface area contributed by atoms with Crippen molar-refractivity contribution < 1.29 is 0 Å². The second-order valence-electron chi connectivity index (χ2n) is 3.80. The van der Waals surface area contributed by atoms with Gasteiger partial charge in [0.05, 0.1) is 5.69 Å². The molecule has 16 heavy (non-hydrogen) atoms. The molecule has 0 amide bonds. The first-order chi connectivity index (χ1) is 7.70. The molecule has 0 aromatic carbocycles. The lowest BCUT2D eigenvalue weighted by Crippen LogP contribution is -2.10. The molecule has 3 nitrogen and oxygen atoms in total. The minimum atomic E-state index is 0.344. The molecule has 4 heteroatoms. The lowest BCUT2D eigenvalue weighted by Gasteiger charge is -2.04. The maximum atomic E-state index is 4.40. The summed E-state index contributed by atoms with van der Waals surface area (Å²) in [4.78, 5) is 10.0. The molecule has 0 fully saturated rings. The van der Waals surface area contributed by atoms with Crippen molar-refractivity contribution >= 4 is 11.3 Å². The number of hydrogen-bond donors (Lipinski definition) is 1. The summed E-state index contributed by atoms with van der Waals surface area (Å²) in [6, 6.07) is 4.42. The van der Waals surface area contributed by atoms with Crippen LogP contribution in [-0.4, -0.2) is 17.0 Å². The van der Waals surface area contributed by atoms with E-state index in [1.165, 1.54) is 10.4 Å². The van der Waals surface area contributed by atoms with E-state index in [0.717, 1.165) is 10.7 Å². The van der Waals surface area contributed by atoms with Crippen LogP contribution in [0.15, 0.2) is 24.5 Å². The molecule has 0 aliphatic heterocycles. The molecule has 84 valence electrons. The molecule has 0 saturated carbocycles. The van der Waals surface area contributed by atoms with E-state index in [9.17, 15) is 0 Å². The zero-order valence-corrected chi connectivity index (χ0v) is 10.5. The lowest BCUT2D eigenvalue weighted by molar-refractivity contribution is 0.662. The number of nitrogens with one attached hydrogen (secondary N) is 1. The fourth-order valence-electron chi connectivity index (χ4n) is 1.34. The van der Waals surface area contributed by atoms with Gasteiger partial charge in [0.25, 0.3) is 0 Å². The van der Waals surface area contributed by atoms with Crippen molar-refractivity contribution in [1.29, 1.82) is 0 Å². The molecule has 1 atom stereocenters. The van der Waals surface area contributed by atoms with Gasteiger partial charge in [-0.1, -0.05) is 6.07 Å². The van der Waals surface area contributed by atoms with Gasteiger partial charge in [0.2, 0.25) is 0 Å². The first-order valence-corrected chi connectivity index (χ1v) is 6.08. The molecule has 2 heterocycles. The topological polar surface area (TPSA) is 37.8 Å². The Morgan fingerprint density at radius 1 is 1.25 bits per heavy atom. The van der Waals surface area contributed by atoms with E-state index in [1.807, 2.05) is 32.4 Å². The van der Waals surface area contributed by atoms with E-state index < -0.39 is 0 Å². The normalized spacial score (nSPS) is 12.7. The van der Waals surface area contributed by atoms with Crippen LogP contribution in [0.2, 0.25) is 0 Å². The summed E-state index contributed by atoms with van der Waals surface area (Å²) in [5, 5.41) is 4.19. The van der Waals surface area contributed by atoms with Crippen molar-refractivity contribution in [3.05, 3.63) is 35.0 Å². The fraction of sp³-hybridized carbons (Fsp3) is 0.333. The summed E-state index contributed by atoms with van der Waals surface area (Å²) >= 11 is 1.69. The highest BCUT2D eigenvalue weighted by Gasteiger charge is 2.09. The highest BCUT2D eigenvalue weighted by atomic mass is 32.1. The van der Waals surface area contributed by atoms with Crippen LogP contribution in [0.4, 0.5) is 0 Å². The molecule has 0 bridgehead atoms. The summed E-state index contributed by atoms with van der Waals surface area (Å²) in [5.41, 5.74) is 2.12. The molecule has 0 radical (unpaired) electrons. The molecule has 2 aromatic rings. The summed E-state index contributed by atoms with van der Waals surface area (Å²) in [5.74, 6) is 0. The second kappa shape index (κ2) is 4.72. The number of hydrogen-bond acceptors (Lipinski definition) is 4. The first kappa shape index (κ1) is 11.2. The van der Waals surface area contributed by atoms with Crippen LogP contribution < -0.4 is 5.32 Å². The van der Waals surface area contributed by atoms with Crippen molar-refractivity contribution in [3.63, 3.8) is 0 Å². The van der Waals surface area contributed by atoms with E-state index in [-0.39, 0.29) is 0 Å². The van der Waals surface area contributed by atoms with Crippen LogP contribution in [0.5, 0.6) is 0 Å². The van der Waals surface area contributed by atoms with E-state index in [0.29, 0.717) is 6.04 Å². The van der Waals surface area contributed by atoms with E-state index in [2.05, 4.69) is 28.3 Å². The number of aryl methyl sites for hydroxylation is 1. The number of nitrogens with zero attached hydrogens (tertiary/aromatic N) is 2. The average Bonchev–Trinajstić information content (AvgIpc) is 2.78. The van der Waals surface area contributed by atoms with Gasteiger partial charge >= 0.3 is 0 Å². The Hall–Kier alpha value is -1.26. The summed E-state index contributed by atoms with van der Waals surface area (Å²) < 4.78 is 0. The average molecular weight is 233 g/mol. The number of thiazole rings is 1. The Labute approximate surface area is 99.6 Å². The molecule has 0 aliphatic rings. The van der Waals surface area contributed by atoms with Crippen LogP contribution in [0.1, 0.15) is 23.4 Å². The number of pyridine rings is 1. The third-order valence-electron chi connectivity index (χ3n) is 2.51. The van der Waals surface area contributed by atoms with Gasteiger partial charge in [-0.25, -0.2) is 4.98 Å². The first-order valence-electron chi connectivity index (χ1n) is 5.26. The second-order valence-corrected chi connectivity index (χ2v) is 4.86. The smallest absolute Gasteiger partial charge is 0.142 e. The number of rotatable bonds is 3. The standard InChI is InChI=1S/C12H15N3S/c1-8-4-5-10(14-6-8)12-15-7-11(16-12)9(2)13-3/h4-7,9,13H,1-3H3. The molecular formula is C12H15N3S. The molecule has 0 aliphatic carbocycles.